The third-order valence-corrected chi connectivity index (χ3v) is 3.87. The van der Waals surface area contributed by atoms with Crippen LogP contribution in [0, 0.1) is 0 Å². The van der Waals surface area contributed by atoms with Crippen LogP contribution in [0.15, 0.2) is 0 Å². The summed E-state index contributed by atoms with van der Waals surface area (Å²) in [5, 5.41) is 0. The van der Waals surface area contributed by atoms with Gasteiger partial charge in [0.1, 0.15) is 5.60 Å². The SMILES string of the molecule is CCC1(OC2CCCCC2)COC1C. The van der Waals surface area contributed by atoms with Crippen molar-refractivity contribution in [1.29, 1.82) is 0 Å². The lowest BCUT2D eigenvalue weighted by atomic mass is 9.88. The molecule has 0 radical (unpaired) electrons. The summed E-state index contributed by atoms with van der Waals surface area (Å²) in [6.07, 6.45) is 8.50. The van der Waals surface area contributed by atoms with E-state index < -0.39 is 0 Å². The average molecular weight is 198 g/mol. The van der Waals surface area contributed by atoms with Gasteiger partial charge in [-0.1, -0.05) is 26.2 Å². The zero-order valence-electron chi connectivity index (χ0n) is 9.42. The topological polar surface area (TPSA) is 18.5 Å². The summed E-state index contributed by atoms with van der Waals surface area (Å²) in [5.41, 5.74) is 0.0575. The van der Waals surface area contributed by atoms with Gasteiger partial charge in [0.15, 0.2) is 0 Å². The summed E-state index contributed by atoms with van der Waals surface area (Å²) in [6, 6.07) is 0. The minimum absolute atomic E-state index is 0.0575. The molecule has 0 bridgehead atoms. The first kappa shape index (κ1) is 10.4. The van der Waals surface area contributed by atoms with Crippen molar-refractivity contribution in [3.63, 3.8) is 0 Å². The van der Waals surface area contributed by atoms with E-state index in [1.54, 1.807) is 0 Å². The highest BCUT2D eigenvalue weighted by Crippen LogP contribution is 2.36. The van der Waals surface area contributed by atoms with E-state index in [0.29, 0.717) is 12.2 Å². The molecule has 0 aromatic heterocycles. The highest BCUT2D eigenvalue weighted by molar-refractivity contribution is 4.94. The van der Waals surface area contributed by atoms with Crippen LogP contribution in [0.4, 0.5) is 0 Å². The van der Waals surface area contributed by atoms with Crippen molar-refractivity contribution < 1.29 is 9.47 Å². The molecule has 0 spiro atoms. The number of hydrogen-bond acceptors (Lipinski definition) is 2. The lowest BCUT2D eigenvalue weighted by molar-refractivity contribution is -0.275. The van der Waals surface area contributed by atoms with Crippen molar-refractivity contribution in [2.75, 3.05) is 6.61 Å². The number of ether oxygens (including phenoxy) is 2. The van der Waals surface area contributed by atoms with Crippen molar-refractivity contribution >= 4 is 0 Å². The highest BCUT2D eigenvalue weighted by atomic mass is 16.6. The second-order valence-electron chi connectivity index (χ2n) is 4.75. The van der Waals surface area contributed by atoms with Crippen LogP contribution in [0.3, 0.4) is 0 Å². The molecule has 1 aliphatic heterocycles. The van der Waals surface area contributed by atoms with Crippen molar-refractivity contribution in [3.8, 4) is 0 Å². The second kappa shape index (κ2) is 4.19. The summed E-state index contributed by atoms with van der Waals surface area (Å²) in [7, 11) is 0. The molecule has 1 saturated heterocycles. The van der Waals surface area contributed by atoms with E-state index in [1.807, 2.05) is 0 Å². The molecule has 2 aliphatic rings. The fourth-order valence-corrected chi connectivity index (χ4v) is 2.55. The van der Waals surface area contributed by atoms with Crippen LogP contribution in [-0.4, -0.2) is 24.4 Å². The molecule has 0 N–H and O–H groups in total. The molecule has 1 aliphatic carbocycles. The van der Waals surface area contributed by atoms with Gasteiger partial charge >= 0.3 is 0 Å². The first-order valence-electron chi connectivity index (χ1n) is 6.06. The normalized spacial score (nSPS) is 39.4. The van der Waals surface area contributed by atoms with Crippen LogP contribution < -0.4 is 0 Å². The molecule has 2 rings (SSSR count). The molecule has 14 heavy (non-hydrogen) atoms. The molecule has 0 amide bonds. The molecule has 1 saturated carbocycles. The van der Waals surface area contributed by atoms with E-state index in [9.17, 15) is 0 Å². The Morgan fingerprint density at radius 3 is 2.43 bits per heavy atom. The lowest BCUT2D eigenvalue weighted by Crippen LogP contribution is -2.59. The fraction of sp³-hybridized carbons (Fsp3) is 1.00. The molecule has 0 aromatic rings. The van der Waals surface area contributed by atoms with E-state index >= 15 is 0 Å². The van der Waals surface area contributed by atoms with E-state index in [-0.39, 0.29) is 5.60 Å². The van der Waals surface area contributed by atoms with Crippen LogP contribution in [0.25, 0.3) is 0 Å². The largest absolute Gasteiger partial charge is 0.372 e. The van der Waals surface area contributed by atoms with Gasteiger partial charge in [0.25, 0.3) is 0 Å². The third-order valence-electron chi connectivity index (χ3n) is 3.87. The maximum absolute atomic E-state index is 6.25. The van der Waals surface area contributed by atoms with E-state index in [4.69, 9.17) is 9.47 Å². The lowest BCUT2D eigenvalue weighted by Gasteiger charge is -2.49. The summed E-state index contributed by atoms with van der Waals surface area (Å²) < 4.78 is 11.7. The molecule has 82 valence electrons. The average Bonchev–Trinajstić information content (AvgIpc) is 2.25. The highest BCUT2D eigenvalue weighted by Gasteiger charge is 2.46. The molecule has 2 unspecified atom stereocenters. The molecular formula is C12H22O2. The minimum atomic E-state index is 0.0575. The van der Waals surface area contributed by atoms with Crippen LogP contribution in [-0.2, 0) is 9.47 Å². The second-order valence-corrected chi connectivity index (χ2v) is 4.75. The van der Waals surface area contributed by atoms with Crippen molar-refractivity contribution in [1.82, 2.24) is 0 Å². The van der Waals surface area contributed by atoms with Crippen LogP contribution in [0.2, 0.25) is 0 Å². The van der Waals surface area contributed by atoms with Crippen molar-refractivity contribution in [2.45, 2.75) is 70.2 Å². The predicted molar refractivity (Wildman–Crippen MR) is 56.4 cm³/mol. The number of hydrogen-bond donors (Lipinski definition) is 0. The van der Waals surface area contributed by atoms with Crippen LogP contribution >= 0.6 is 0 Å². The predicted octanol–water partition coefficient (Wildman–Crippen LogP) is 2.90. The molecular weight excluding hydrogens is 176 g/mol. The molecule has 2 heteroatoms. The van der Waals surface area contributed by atoms with Gasteiger partial charge in [-0.05, 0) is 26.2 Å². The maximum Gasteiger partial charge on any atom is 0.117 e. The van der Waals surface area contributed by atoms with Gasteiger partial charge in [0.05, 0.1) is 18.8 Å². The van der Waals surface area contributed by atoms with Gasteiger partial charge in [-0.2, -0.15) is 0 Å². The Morgan fingerprint density at radius 2 is 2.00 bits per heavy atom. The summed E-state index contributed by atoms with van der Waals surface area (Å²) >= 11 is 0. The smallest absolute Gasteiger partial charge is 0.117 e. The van der Waals surface area contributed by atoms with Gasteiger partial charge in [-0.3, -0.25) is 0 Å². The van der Waals surface area contributed by atoms with Crippen LogP contribution in [0.5, 0.6) is 0 Å². The maximum atomic E-state index is 6.25. The Hall–Kier alpha value is -0.0800. The Kier molecular flexibility index (Phi) is 3.13. The molecule has 1 heterocycles. The van der Waals surface area contributed by atoms with Gasteiger partial charge in [-0.25, -0.2) is 0 Å². The first-order valence-corrected chi connectivity index (χ1v) is 6.06. The summed E-state index contributed by atoms with van der Waals surface area (Å²) in [4.78, 5) is 0. The summed E-state index contributed by atoms with van der Waals surface area (Å²) in [5.74, 6) is 0. The minimum Gasteiger partial charge on any atom is -0.372 e. The van der Waals surface area contributed by atoms with Gasteiger partial charge in [-0.15, -0.1) is 0 Å². The molecule has 2 fully saturated rings. The standard InChI is InChI=1S/C12H22O2/c1-3-12(9-13-10(12)2)14-11-7-5-4-6-8-11/h10-11H,3-9H2,1-2H3. The van der Waals surface area contributed by atoms with E-state index in [1.165, 1.54) is 32.1 Å². The fourth-order valence-electron chi connectivity index (χ4n) is 2.55. The zero-order chi connectivity index (χ0) is 10.0. The Balaban J connectivity index is 1.87. The zero-order valence-corrected chi connectivity index (χ0v) is 9.42. The van der Waals surface area contributed by atoms with Crippen LogP contribution in [0.1, 0.15) is 52.4 Å². The number of rotatable bonds is 3. The van der Waals surface area contributed by atoms with Gasteiger partial charge in [0.2, 0.25) is 0 Å². The Labute approximate surface area is 87.0 Å². The Bertz CT molecular complexity index is 183. The van der Waals surface area contributed by atoms with E-state index in [0.717, 1.165) is 13.0 Å². The Morgan fingerprint density at radius 1 is 1.29 bits per heavy atom. The molecule has 0 aromatic carbocycles. The molecule has 2 nitrogen and oxygen atoms in total. The van der Waals surface area contributed by atoms with Gasteiger partial charge < -0.3 is 9.47 Å². The first-order chi connectivity index (χ1) is 6.77. The summed E-state index contributed by atoms with van der Waals surface area (Å²) in [6.45, 7) is 5.15. The van der Waals surface area contributed by atoms with Crippen molar-refractivity contribution in [2.24, 2.45) is 0 Å². The van der Waals surface area contributed by atoms with Crippen molar-refractivity contribution in [3.05, 3.63) is 0 Å². The van der Waals surface area contributed by atoms with Gasteiger partial charge in [0, 0.05) is 0 Å². The monoisotopic (exact) mass is 198 g/mol. The van der Waals surface area contributed by atoms with E-state index in [2.05, 4.69) is 13.8 Å². The third kappa shape index (κ3) is 1.82. The quantitative estimate of drug-likeness (QED) is 0.694. The molecule has 2 atom stereocenters.